The summed E-state index contributed by atoms with van der Waals surface area (Å²) >= 11 is 0. The SMILES string of the molecule is CCCCC1CCC2CC(c3ccc(C(=O)O)cc3)CCC2C1. The minimum Gasteiger partial charge on any atom is -0.478 e. The number of carboxylic acid groups (broad SMARTS) is 1. The first kappa shape index (κ1) is 16.5. The van der Waals surface area contributed by atoms with E-state index in [1.807, 2.05) is 12.1 Å². The molecule has 0 aliphatic heterocycles. The second-order valence-electron chi connectivity index (χ2n) is 7.78. The molecule has 2 fully saturated rings. The minimum absolute atomic E-state index is 0.402. The summed E-state index contributed by atoms with van der Waals surface area (Å²) in [6.07, 6.45) is 12.5. The number of hydrogen-bond acceptors (Lipinski definition) is 1. The summed E-state index contributed by atoms with van der Waals surface area (Å²) in [6, 6.07) is 7.62. The predicted octanol–water partition coefficient (Wildman–Crippen LogP) is 5.88. The summed E-state index contributed by atoms with van der Waals surface area (Å²) in [7, 11) is 0. The number of rotatable bonds is 5. The van der Waals surface area contributed by atoms with Crippen LogP contribution in [-0.4, -0.2) is 11.1 Å². The lowest BCUT2D eigenvalue weighted by Gasteiger charge is -2.42. The number of unbranched alkanes of at least 4 members (excludes halogenated alkanes) is 1. The summed E-state index contributed by atoms with van der Waals surface area (Å²) in [6.45, 7) is 2.30. The maximum atomic E-state index is 11.0. The number of carbonyl (C=O) groups is 1. The Morgan fingerprint density at radius 3 is 2.43 bits per heavy atom. The van der Waals surface area contributed by atoms with Crippen LogP contribution in [0.2, 0.25) is 0 Å². The fourth-order valence-electron chi connectivity index (χ4n) is 4.94. The average molecular weight is 314 g/mol. The Kier molecular flexibility index (Phi) is 5.40. The highest BCUT2D eigenvalue weighted by Crippen LogP contribution is 2.48. The zero-order valence-electron chi connectivity index (χ0n) is 14.3. The normalized spacial score (nSPS) is 30.7. The van der Waals surface area contributed by atoms with E-state index in [0.717, 1.165) is 17.8 Å². The fourth-order valence-corrected chi connectivity index (χ4v) is 4.94. The molecule has 0 amide bonds. The number of aromatic carboxylic acids is 1. The van der Waals surface area contributed by atoms with Gasteiger partial charge in [0.1, 0.15) is 0 Å². The van der Waals surface area contributed by atoms with E-state index in [1.165, 1.54) is 63.4 Å². The molecule has 4 atom stereocenters. The maximum absolute atomic E-state index is 11.0. The van der Waals surface area contributed by atoms with Gasteiger partial charge in [0.2, 0.25) is 0 Å². The molecule has 2 nitrogen and oxygen atoms in total. The Labute approximate surface area is 140 Å². The second kappa shape index (κ2) is 7.51. The van der Waals surface area contributed by atoms with E-state index in [-0.39, 0.29) is 0 Å². The first-order valence-corrected chi connectivity index (χ1v) is 9.50. The van der Waals surface area contributed by atoms with Crippen molar-refractivity contribution in [1.29, 1.82) is 0 Å². The average Bonchev–Trinajstić information content (AvgIpc) is 2.59. The molecule has 3 rings (SSSR count). The van der Waals surface area contributed by atoms with Gasteiger partial charge in [0.05, 0.1) is 5.56 Å². The van der Waals surface area contributed by atoms with Gasteiger partial charge in [-0.05, 0) is 73.5 Å². The summed E-state index contributed by atoms with van der Waals surface area (Å²) < 4.78 is 0. The standard InChI is InChI=1S/C21H30O2/c1-2-3-4-15-5-6-20-14-19(12-11-18(20)13-15)16-7-9-17(10-8-16)21(22)23/h7-10,15,18-20H,2-6,11-14H2,1H3,(H,22,23). The smallest absolute Gasteiger partial charge is 0.335 e. The predicted molar refractivity (Wildman–Crippen MR) is 93.8 cm³/mol. The Morgan fingerprint density at radius 1 is 1.04 bits per heavy atom. The molecule has 126 valence electrons. The Morgan fingerprint density at radius 2 is 1.74 bits per heavy atom. The summed E-state index contributed by atoms with van der Waals surface area (Å²) in [5, 5.41) is 9.03. The lowest BCUT2D eigenvalue weighted by molar-refractivity contribution is 0.0697. The highest BCUT2D eigenvalue weighted by atomic mass is 16.4. The van der Waals surface area contributed by atoms with E-state index in [4.69, 9.17) is 5.11 Å². The third kappa shape index (κ3) is 3.97. The van der Waals surface area contributed by atoms with E-state index < -0.39 is 5.97 Å². The topological polar surface area (TPSA) is 37.3 Å². The van der Waals surface area contributed by atoms with Gasteiger partial charge < -0.3 is 5.11 Å². The van der Waals surface area contributed by atoms with Crippen LogP contribution in [0.4, 0.5) is 0 Å². The molecule has 0 saturated heterocycles. The highest BCUT2D eigenvalue weighted by Gasteiger charge is 2.35. The van der Waals surface area contributed by atoms with Gasteiger partial charge in [0.15, 0.2) is 0 Å². The van der Waals surface area contributed by atoms with Gasteiger partial charge in [-0.3, -0.25) is 0 Å². The van der Waals surface area contributed by atoms with Crippen molar-refractivity contribution in [2.24, 2.45) is 17.8 Å². The van der Waals surface area contributed by atoms with Gasteiger partial charge in [-0.1, -0.05) is 44.7 Å². The van der Waals surface area contributed by atoms with Crippen molar-refractivity contribution in [3.05, 3.63) is 35.4 Å². The third-order valence-electron chi connectivity index (χ3n) is 6.32. The van der Waals surface area contributed by atoms with Crippen molar-refractivity contribution in [3.63, 3.8) is 0 Å². The number of carboxylic acids is 1. The van der Waals surface area contributed by atoms with E-state index >= 15 is 0 Å². The van der Waals surface area contributed by atoms with Crippen molar-refractivity contribution < 1.29 is 9.90 Å². The molecule has 0 aromatic heterocycles. The largest absolute Gasteiger partial charge is 0.478 e. The molecule has 4 unspecified atom stereocenters. The molecule has 0 radical (unpaired) electrons. The first-order valence-electron chi connectivity index (χ1n) is 9.50. The second-order valence-corrected chi connectivity index (χ2v) is 7.78. The molecule has 1 aromatic rings. The molecule has 23 heavy (non-hydrogen) atoms. The highest BCUT2D eigenvalue weighted by molar-refractivity contribution is 5.87. The van der Waals surface area contributed by atoms with Crippen molar-refractivity contribution in [3.8, 4) is 0 Å². The monoisotopic (exact) mass is 314 g/mol. The zero-order valence-corrected chi connectivity index (χ0v) is 14.3. The van der Waals surface area contributed by atoms with Gasteiger partial charge in [-0.25, -0.2) is 4.79 Å². The first-order chi connectivity index (χ1) is 11.2. The molecule has 1 aromatic carbocycles. The van der Waals surface area contributed by atoms with Crippen molar-refractivity contribution in [2.45, 2.75) is 70.6 Å². The van der Waals surface area contributed by atoms with Gasteiger partial charge in [0.25, 0.3) is 0 Å². The number of fused-ring (bicyclic) bond motifs is 1. The summed E-state index contributed by atoms with van der Waals surface area (Å²) in [4.78, 5) is 11.0. The van der Waals surface area contributed by atoms with Gasteiger partial charge in [0, 0.05) is 0 Å². The van der Waals surface area contributed by atoms with Crippen LogP contribution in [0, 0.1) is 17.8 Å². The van der Waals surface area contributed by atoms with Crippen LogP contribution in [0.5, 0.6) is 0 Å². The quantitative estimate of drug-likeness (QED) is 0.737. The molecule has 1 N–H and O–H groups in total. The molecule has 0 heterocycles. The Balaban J connectivity index is 1.57. The van der Waals surface area contributed by atoms with Crippen LogP contribution in [0.25, 0.3) is 0 Å². The Bertz CT molecular complexity index is 519. The zero-order chi connectivity index (χ0) is 16.2. The molecule has 2 aliphatic carbocycles. The van der Waals surface area contributed by atoms with Crippen LogP contribution in [0.1, 0.15) is 86.6 Å². The molecule has 0 bridgehead atoms. The molecule has 2 aliphatic rings. The Hall–Kier alpha value is -1.31. The van der Waals surface area contributed by atoms with E-state index in [1.54, 1.807) is 12.1 Å². The van der Waals surface area contributed by atoms with Crippen LogP contribution >= 0.6 is 0 Å². The van der Waals surface area contributed by atoms with E-state index in [9.17, 15) is 4.79 Å². The molecular weight excluding hydrogens is 284 g/mol. The van der Waals surface area contributed by atoms with Crippen LogP contribution < -0.4 is 0 Å². The number of benzene rings is 1. The molecule has 2 saturated carbocycles. The van der Waals surface area contributed by atoms with Gasteiger partial charge in [-0.2, -0.15) is 0 Å². The van der Waals surface area contributed by atoms with Gasteiger partial charge >= 0.3 is 5.97 Å². The summed E-state index contributed by atoms with van der Waals surface area (Å²) in [5.74, 6) is 2.67. The van der Waals surface area contributed by atoms with Crippen LogP contribution in [-0.2, 0) is 0 Å². The maximum Gasteiger partial charge on any atom is 0.335 e. The lowest BCUT2D eigenvalue weighted by Crippen LogP contribution is -2.30. The van der Waals surface area contributed by atoms with Crippen molar-refractivity contribution in [2.75, 3.05) is 0 Å². The number of hydrogen-bond donors (Lipinski definition) is 1. The lowest BCUT2D eigenvalue weighted by atomic mass is 9.63. The molecular formula is C21H30O2. The molecule has 2 heteroatoms. The van der Waals surface area contributed by atoms with Gasteiger partial charge in [-0.15, -0.1) is 0 Å². The summed E-state index contributed by atoms with van der Waals surface area (Å²) in [5.41, 5.74) is 1.75. The van der Waals surface area contributed by atoms with Crippen molar-refractivity contribution in [1.82, 2.24) is 0 Å². The van der Waals surface area contributed by atoms with Crippen LogP contribution in [0.3, 0.4) is 0 Å². The molecule has 0 spiro atoms. The van der Waals surface area contributed by atoms with Crippen LogP contribution in [0.15, 0.2) is 24.3 Å². The minimum atomic E-state index is -0.828. The van der Waals surface area contributed by atoms with Crippen molar-refractivity contribution >= 4 is 5.97 Å². The van der Waals surface area contributed by atoms with E-state index in [0.29, 0.717) is 11.5 Å². The fraction of sp³-hybridized carbons (Fsp3) is 0.667. The third-order valence-corrected chi connectivity index (χ3v) is 6.32. The van der Waals surface area contributed by atoms with E-state index in [2.05, 4.69) is 6.92 Å².